The third-order valence-electron chi connectivity index (χ3n) is 4.53. The molecule has 0 bridgehead atoms. The largest absolute Gasteiger partial charge is 0.449 e. The lowest BCUT2D eigenvalue weighted by Gasteiger charge is -2.17. The fourth-order valence-electron chi connectivity index (χ4n) is 3.27. The van der Waals surface area contributed by atoms with E-state index >= 15 is 0 Å². The fraction of sp³-hybridized carbons (Fsp3) is 0.300. The predicted molar refractivity (Wildman–Crippen MR) is 93.0 cm³/mol. The van der Waals surface area contributed by atoms with Gasteiger partial charge in [-0.05, 0) is 35.6 Å². The molecule has 1 atom stereocenters. The Kier molecular flexibility index (Phi) is 4.65. The highest BCUT2D eigenvalue weighted by Crippen LogP contribution is 2.44. The third-order valence-corrected chi connectivity index (χ3v) is 4.53. The van der Waals surface area contributed by atoms with Gasteiger partial charge >= 0.3 is 6.09 Å². The second-order valence-corrected chi connectivity index (χ2v) is 6.04. The smallest absolute Gasteiger partial charge is 0.407 e. The van der Waals surface area contributed by atoms with Gasteiger partial charge in [-0.3, -0.25) is 4.79 Å². The summed E-state index contributed by atoms with van der Waals surface area (Å²) in [5, 5.41) is 2.63. The van der Waals surface area contributed by atoms with Crippen molar-refractivity contribution in [3.8, 4) is 11.1 Å². The van der Waals surface area contributed by atoms with Gasteiger partial charge in [0, 0.05) is 5.92 Å². The maximum atomic E-state index is 12.0. The Morgan fingerprint density at radius 1 is 1.04 bits per heavy atom. The molecule has 0 unspecified atom stereocenters. The molecule has 0 saturated carbocycles. The van der Waals surface area contributed by atoms with E-state index in [0.717, 1.165) is 0 Å². The molecule has 1 N–H and O–H groups in total. The van der Waals surface area contributed by atoms with E-state index in [2.05, 4.69) is 29.6 Å². The summed E-state index contributed by atoms with van der Waals surface area (Å²) in [4.78, 5) is 23.4. The lowest BCUT2D eigenvalue weighted by molar-refractivity contribution is -0.118. The minimum absolute atomic E-state index is 0.0283. The van der Waals surface area contributed by atoms with Crippen LogP contribution < -0.4 is 5.32 Å². The first-order valence-corrected chi connectivity index (χ1v) is 8.23. The number of alkyl carbamates (subject to hydrolysis) is 1. The lowest BCUT2D eigenvalue weighted by Crippen LogP contribution is -2.39. The van der Waals surface area contributed by atoms with Crippen LogP contribution in [-0.2, 0) is 9.53 Å². The Balaban J connectivity index is 1.74. The summed E-state index contributed by atoms with van der Waals surface area (Å²) in [6.07, 6.45) is 0.0124. The molecule has 0 aliphatic heterocycles. The molecule has 0 heterocycles. The van der Waals surface area contributed by atoms with Crippen molar-refractivity contribution < 1.29 is 14.3 Å². The maximum Gasteiger partial charge on any atom is 0.407 e. The quantitative estimate of drug-likeness (QED) is 0.908. The first-order chi connectivity index (χ1) is 11.6. The van der Waals surface area contributed by atoms with Gasteiger partial charge in [0.25, 0.3) is 0 Å². The first kappa shape index (κ1) is 16.2. The number of nitrogens with one attached hydrogen (secondary N) is 1. The second-order valence-electron chi connectivity index (χ2n) is 6.04. The van der Waals surface area contributed by atoms with E-state index in [1.807, 2.05) is 31.2 Å². The van der Waals surface area contributed by atoms with E-state index in [-0.39, 0.29) is 18.3 Å². The van der Waals surface area contributed by atoms with Gasteiger partial charge < -0.3 is 10.1 Å². The zero-order valence-corrected chi connectivity index (χ0v) is 13.9. The summed E-state index contributed by atoms with van der Waals surface area (Å²) in [7, 11) is 0. The number of fused-ring (bicyclic) bond motifs is 3. The van der Waals surface area contributed by atoms with Crippen molar-refractivity contribution in [1.29, 1.82) is 0 Å². The Morgan fingerprint density at radius 2 is 1.58 bits per heavy atom. The van der Waals surface area contributed by atoms with Crippen LogP contribution in [0, 0.1) is 0 Å². The van der Waals surface area contributed by atoms with Gasteiger partial charge in [-0.25, -0.2) is 4.79 Å². The van der Waals surface area contributed by atoms with Crippen molar-refractivity contribution in [3.05, 3.63) is 59.7 Å². The molecule has 4 heteroatoms. The van der Waals surface area contributed by atoms with E-state index < -0.39 is 12.1 Å². The molecular weight excluding hydrogens is 302 g/mol. The van der Waals surface area contributed by atoms with Crippen LogP contribution in [0.3, 0.4) is 0 Å². The van der Waals surface area contributed by atoms with Crippen molar-refractivity contribution in [2.45, 2.75) is 32.2 Å². The van der Waals surface area contributed by atoms with Gasteiger partial charge in [-0.15, -0.1) is 0 Å². The summed E-state index contributed by atoms with van der Waals surface area (Å²) < 4.78 is 5.42. The molecule has 1 aliphatic rings. The highest BCUT2D eigenvalue weighted by Gasteiger charge is 2.29. The molecule has 4 nitrogen and oxygen atoms in total. The van der Waals surface area contributed by atoms with E-state index in [1.54, 1.807) is 0 Å². The molecule has 0 spiro atoms. The number of hydrogen-bond donors (Lipinski definition) is 1. The molecule has 3 rings (SSSR count). The fourth-order valence-corrected chi connectivity index (χ4v) is 3.27. The molecule has 0 aromatic heterocycles. The normalized spacial score (nSPS) is 13.8. The zero-order chi connectivity index (χ0) is 17.1. The van der Waals surface area contributed by atoms with Crippen LogP contribution in [0.5, 0.6) is 0 Å². The van der Waals surface area contributed by atoms with Crippen LogP contribution in [-0.4, -0.2) is 24.5 Å². The molecule has 1 amide bonds. The maximum absolute atomic E-state index is 12.0. The van der Waals surface area contributed by atoms with Crippen LogP contribution >= 0.6 is 0 Å². The average Bonchev–Trinajstić information content (AvgIpc) is 2.91. The topological polar surface area (TPSA) is 55.4 Å². The number of Topliss-reactive ketones (excluding diaryl/α,β-unsaturated/α-hetero) is 1. The van der Waals surface area contributed by atoms with Gasteiger partial charge in [-0.1, -0.05) is 55.5 Å². The summed E-state index contributed by atoms with van der Waals surface area (Å²) in [6, 6.07) is 15.9. The average molecular weight is 323 g/mol. The summed E-state index contributed by atoms with van der Waals surface area (Å²) in [5.41, 5.74) is 4.73. The van der Waals surface area contributed by atoms with Gasteiger partial charge in [0.15, 0.2) is 5.78 Å². The second kappa shape index (κ2) is 6.87. The van der Waals surface area contributed by atoms with Gasteiger partial charge in [0.2, 0.25) is 0 Å². The van der Waals surface area contributed by atoms with Gasteiger partial charge in [-0.2, -0.15) is 0 Å². The van der Waals surface area contributed by atoms with Crippen LogP contribution in [0.2, 0.25) is 0 Å². The number of carbonyl (C=O) groups is 2. The number of hydrogen-bond acceptors (Lipinski definition) is 3. The minimum atomic E-state index is -0.543. The van der Waals surface area contributed by atoms with Crippen molar-refractivity contribution in [1.82, 2.24) is 5.32 Å². The molecule has 2 aromatic carbocycles. The van der Waals surface area contributed by atoms with Gasteiger partial charge in [0.05, 0.1) is 6.04 Å². The third kappa shape index (κ3) is 3.04. The van der Waals surface area contributed by atoms with E-state index in [4.69, 9.17) is 4.74 Å². The van der Waals surface area contributed by atoms with Crippen LogP contribution in [0.4, 0.5) is 4.79 Å². The summed E-state index contributed by atoms with van der Waals surface area (Å²) in [6.45, 7) is 3.59. The number of carbonyl (C=O) groups excluding carboxylic acids is 2. The Bertz CT molecular complexity index is 723. The van der Waals surface area contributed by atoms with Crippen molar-refractivity contribution >= 4 is 11.9 Å². The monoisotopic (exact) mass is 323 g/mol. The number of benzene rings is 2. The molecule has 24 heavy (non-hydrogen) atoms. The number of ether oxygens (including phenoxy) is 1. The van der Waals surface area contributed by atoms with Crippen LogP contribution in [0.1, 0.15) is 37.3 Å². The molecule has 1 aliphatic carbocycles. The molecule has 0 fully saturated rings. The molecular formula is C20H21NO3. The SMILES string of the molecule is CC[C@H](NC(=O)OCC1c2ccccc2-c2ccccc21)C(C)=O. The van der Waals surface area contributed by atoms with Crippen LogP contribution in [0.25, 0.3) is 11.1 Å². The standard InChI is InChI=1S/C20H21NO3/c1-3-19(13(2)22)21-20(23)24-12-18-16-10-6-4-8-14(16)15-9-5-7-11-17(15)18/h4-11,18-19H,3,12H2,1-2H3,(H,21,23)/t19-/m0/s1. The van der Waals surface area contributed by atoms with Crippen molar-refractivity contribution in [2.24, 2.45) is 0 Å². The Labute approximate surface area is 141 Å². The minimum Gasteiger partial charge on any atom is -0.449 e. The molecule has 124 valence electrons. The summed E-state index contributed by atoms with van der Waals surface area (Å²) in [5.74, 6) is -0.0356. The molecule has 2 aromatic rings. The van der Waals surface area contributed by atoms with Crippen LogP contribution in [0.15, 0.2) is 48.5 Å². The van der Waals surface area contributed by atoms with Gasteiger partial charge in [0.1, 0.15) is 6.61 Å². The summed E-state index contributed by atoms with van der Waals surface area (Å²) >= 11 is 0. The first-order valence-electron chi connectivity index (χ1n) is 8.23. The number of ketones is 1. The highest BCUT2D eigenvalue weighted by molar-refractivity contribution is 5.85. The highest BCUT2D eigenvalue weighted by atomic mass is 16.5. The Hall–Kier alpha value is -2.62. The number of rotatable bonds is 5. The predicted octanol–water partition coefficient (Wildman–Crippen LogP) is 3.89. The van der Waals surface area contributed by atoms with Crippen molar-refractivity contribution in [3.63, 3.8) is 0 Å². The van der Waals surface area contributed by atoms with E-state index in [0.29, 0.717) is 6.42 Å². The number of amides is 1. The lowest BCUT2D eigenvalue weighted by atomic mass is 9.98. The molecule has 0 saturated heterocycles. The van der Waals surface area contributed by atoms with E-state index in [9.17, 15) is 9.59 Å². The van der Waals surface area contributed by atoms with E-state index in [1.165, 1.54) is 29.2 Å². The van der Waals surface area contributed by atoms with Crippen molar-refractivity contribution in [2.75, 3.05) is 6.61 Å². The Morgan fingerprint density at radius 3 is 2.08 bits per heavy atom. The molecule has 0 radical (unpaired) electrons. The zero-order valence-electron chi connectivity index (χ0n) is 13.9.